The number of rotatable bonds is 4. The van der Waals surface area contributed by atoms with Crippen molar-refractivity contribution in [3.8, 4) is 11.5 Å². The lowest BCUT2D eigenvalue weighted by atomic mass is 10.1. The van der Waals surface area contributed by atoms with Crippen LogP contribution >= 0.6 is 0 Å². The van der Waals surface area contributed by atoms with Gasteiger partial charge < -0.3 is 13.9 Å². The highest BCUT2D eigenvalue weighted by molar-refractivity contribution is 5.78. The van der Waals surface area contributed by atoms with Gasteiger partial charge in [0.25, 0.3) is 0 Å². The first kappa shape index (κ1) is 14.1. The molecule has 0 spiro atoms. The van der Waals surface area contributed by atoms with E-state index in [0.717, 1.165) is 11.1 Å². The van der Waals surface area contributed by atoms with Crippen LogP contribution in [0.4, 0.5) is 0 Å². The van der Waals surface area contributed by atoms with Gasteiger partial charge in [0, 0.05) is 6.07 Å². The number of esters is 1. The third kappa shape index (κ3) is 2.93. The fourth-order valence-corrected chi connectivity index (χ4v) is 2.08. The molecule has 0 N–H and O–H groups in total. The van der Waals surface area contributed by atoms with E-state index < -0.39 is 5.97 Å². The predicted molar refractivity (Wildman–Crippen MR) is 81.1 cm³/mol. The summed E-state index contributed by atoms with van der Waals surface area (Å²) < 4.78 is 15.9. The van der Waals surface area contributed by atoms with E-state index in [2.05, 4.69) is 4.98 Å². The van der Waals surface area contributed by atoms with Crippen molar-refractivity contribution >= 4 is 17.1 Å². The Labute approximate surface area is 127 Å². The average Bonchev–Trinajstić information content (AvgIpc) is 2.96. The number of carbonyl (C=O) groups is 1. The highest BCUT2D eigenvalue weighted by Gasteiger charge is 2.09. The van der Waals surface area contributed by atoms with Crippen LogP contribution < -0.4 is 9.47 Å². The lowest BCUT2D eigenvalue weighted by Gasteiger charge is -2.10. The molecule has 0 amide bonds. The van der Waals surface area contributed by atoms with Crippen LogP contribution in [0.25, 0.3) is 11.1 Å². The summed E-state index contributed by atoms with van der Waals surface area (Å²) in [7, 11) is 0. The van der Waals surface area contributed by atoms with Crippen molar-refractivity contribution in [1.82, 2.24) is 4.98 Å². The zero-order chi connectivity index (χ0) is 15.5. The quantitative estimate of drug-likeness (QED) is 0.545. The number of hydrogen-bond acceptors (Lipinski definition) is 5. The van der Waals surface area contributed by atoms with E-state index in [1.807, 2.05) is 32.0 Å². The number of hydrogen-bond donors (Lipinski definition) is 0. The fraction of sp³-hybridized carbons (Fsp3) is 0.176. The van der Waals surface area contributed by atoms with Crippen LogP contribution in [0.5, 0.6) is 11.5 Å². The van der Waals surface area contributed by atoms with Crippen LogP contribution in [0.2, 0.25) is 0 Å². The summed E-state index contributed by atoms with van der Waals surface area (Å²) in [5.74, 6) is 0.628. The van der Waals surface area contributed by atoms with Crippen LogP contribution in [0, 0.1) is 13.8 Å². The van der Waals surface area contributed by atoms with E-state index in [1.54, 1.807) is 18.2 Å². The Balaban J connectivity index is 1.63. The molecule has 0 bridgehead atoms. The Morgan fingerprint density at radius 3 is 2.95 bits per heavy atom. The highest BCUT2D eigenvalue weighted by Crippen LogP contribution is 2.21. The summed E-state index contributed by atoms with van der Waals surface area (Å²) in [5.41, 5.74) is 3.41. The molecule has 0 radical (unpaired) electrons. The summed E-state index contributed by atoms with van der Waals surface area (Å²) in [4.78, 5) is 15.9. The van der Waals surface area contributed by atoms with Gasteiger partial charge in [-0.25, -0.2) is 9.78 Å². The zero-order valence-corrected chi connectivity index (χ0v) is 12.3. The smallest absolute Gasteiger partial charge is 0.349 e. The molecule has 2 aromatic carbocycles. The molecular weight excluding hydrogens is 282 g/mol. The number of fused-ring (bicyclic) bond motifs is 1. The Morgan fingerprint density at radius 2 is 2.09 bits per heavy atom. The van der Waals surface area contributed by atoms with Gasteiger partial charge in [-0.1, -0.05) is 12.1 Å². The summed E-state index contributed by atoms with van der Waals surface area (Å²) in [6.07, 6.45) is 1.35. The van der Waals surface area contributed by atoms with Crippen molar-refractivity contribution in [2.45, 2.75) is 13.8 Å². The minimum Gasteiger partial charge on any atom is -0.482 e. The number of ether oxygens (including phenoxy) is 2. The molecule has 0 saturated heterocycles. The van der Waals surface area contributed by atoms with E-state index >= 15 is 0 Å². The third-order valence-electron chi connectivity index (χ3n) is 3.43. The molecule has 0 unspecified atom stereocenters. The molecule has 0 aliphatic rings. The molecule has 0 atom stereocenters. The van der Waals surface area contributed by atoms with Crippen molar-refractivity contribution in [2.75, 3.05) is 6.61 Å². The van der Waals surface area contributed by atoms with E-state index in [1.165, 1.54) is 6.39 Å². The SMILES string of the molecule is Cc1cccc(OCC(=O)Oc2ccc3ocnc3c2)c1C. The van der Waals surface area contributed by atoms with Gasteiger partial charge in [-0.2, -0.15) is 0 Å². The van der Waals surface area contributed by atoms with Crippen molar-refractivity contribution in [1.29, 1.82) is 0 Å². The molecule has 0 aliphatic carbocycles. The predicted octanol–water partition coefficient (Wildman–Crippen LogP) is 3.43. The first-order chi connectivity index (χ1) is 10.6. The van der Waals surface area contributed by atoms with Gasteiger partial charge in [-0.15, -0.1) is 0 Å². The Bertz CT molecular complexity index is 822. The summed E-state index contributed by atoms with van der Waals surface area (Å²) in [6, 6.07) is 10.7. The number of aryl methyl sites for hydroxylation is 1. The number of benzene rings is 2. The van der Waals surface area contributed by atoms with Gasteiger partial charge in [0.1, 0.15) is 17.0 Å². The maximum absolute atomic E-state index is 11.9. The molecule has 3 aromatic rings. The molecule has 0 saturated carbocycles. The van der Waals surface area contributed by atoms with Crippen molar-refractivity contribution < 1.29 is 18.7 Å². The molecule has 3 rings (SSSR count). The van der Waals surface area contributed by atoms with Crippen molar-refractivity contribution in [2.24, 2.45) is 0 Å². The van der Waals surface area contributed by atoms with Crippen molar-refractivity contribution in [3.63, 3.8) is 0 Å². The van der Waals surface area contributed by atoms with E-state index in [4.69, 9.17) is 13.9 Å². The third-order valence-corrected chi connectivity index (χ3v) is 3.43. The lowest BCUT2D eigenvalue weighted by Crippen LogP contribution is -2.18. The second-order valence-corrected chi connectivity index (χ2v) is 4.94. The lowest BCUT2D eigenvalue weighted by molar-refractivity contribution is -0.136. The second-order valence-electron chi connectivity index (χ2n) is 4.94. The van der Waals surface area contributed by atoms with Gasteiger partial charge in [-0.3, -0.25) is 0 Å². The van der Waals surface area contributed by atoms with E-state index in [-0.39, 0.29) is 6.61 Å². The summed E-state index contributed by atoms with van der Waals surface area (Å²) in [6.45, 7) is 3.79. The van der Waals surface area contributed by atoms with Crippen LogP contribution in [0.1, 0.15) is 11.1 Å². The fourth-order valence-electron chi connectivity index (χ4n) is 2.08. The minimum atomic E-state index is -0.469. The van der Waals surface area contributed by atoms with Crippen molar-refractivity contribution in [3.05, 3.63) is 53.9 Å². The molecular formula is C17H15NO4. The molecule has 22 heavy (non-hydrogen) atoms. The zero-order valence-electron chi connectivity index (χ0n) is 12.3. The highest BCUT2D eigenvalue weighted by atomic mass is 16.6. The van der Waals surface area contributed by atoms with Gasteiger partial charge in [0.05, 0.1) is 0 Å². The molecule has 0 fully saturated rings. The molecule has 1 heterocycles. The standard InChI is InChI=1S/C17H15NO4/c1-11-4-3-5-15(12(11)2)20-9-17(19)22-13-6-7-16-14(8-13)18-10-21-16/h3-8,10H,9H2,1-2H3. The monoisotopic (exact) mass is 297 g/mol. The number of nitrogens with zero attached hydrogens (tertiary/aromatic N) is 1. The molecule has 5 nitrogen and oxygen atoms in total. The molecule has 5 heteroatoms. The second kappa shape index (κ2) is 5.89. The molecule has 0 aliphatic heterocycles. The van der Waals surface area contributed by atoms with Gasteiger partial charge in [0.15, 0.2) is 18.6 Å². The largest absolute Gasteiger partial charge is 0.482 e. The number of aromatic nitrogens is 1. The summed E-state index contributed by atoms with van der Waals surface area (Å²) >= 11 is 0. The Kier molecular flexibility index (Phi) is 3.78. The van der Waals surface area contributed by atoms with E-state index in [9.17, 15) is 4.79 Å². The maximum atomic E-state index is 11.9. The first-order valence-electron chi connectivity index (χ1n) is 6.86. The van der Waals surface area contributed by atoms with Crippen LogP contribution in [-0.2, 0) is 4.79 Å². The molecule has 112 valence electrons. The maximum Gasteiger partial charge on any atom is 0.349 e. The van der Waals surface area contributed by atoms with Gasteiger partial charge in [0.2, 0.25) is 0 Å². The Morgan fingerprint density at radius 1 is 1.23 bits per heavy atom. The van der Waals surface area contributed by atoms with Gasteiger partial charge >= 0.3 is 5.97 Å². The molecule has 1 aromatic heterocycles. The van der Waals surface area contributed by atoms with Crippen LogP contribution in [-0.4, -0.2) is 17.6 Å². The van der Waals surface area contributed by atoms with Gasteiger partial charge in [-0.05, 0) is 43.2 Å². The van der Waals surface area contributed by atoms with E-state index in [0.29, 0.717) is 22.6 Å². The normalized spacial score (nSPS) is 10.6. The number of carbonyl (C=O) groups excluding carboxylic acids is 1. The topological polar surface area (TPSA) is 61.6 Å². The first-order valence-corrected chi connectivity index (χ1v) is 6.86. The Hall–Kier alpha value is -2.82. The van der Waals surface area contributed by atoms with Crippen LogP contribution in [0.15, 0.2) is 47.2 Å². The van der Waals surface area contributed by atoms with Crippen LogP contribution in [0.3, 0.4) is 0 Å². The number of oxazole rings is 1. The minimum absolute atomic E-state index is 0.152. The summed E-state index contributed by atoms with van der Waals surface area (Å²) in [5, 5.41) is 0. The average molecular weight is 297 g/mol.